The van der Waals surface area contributed by atoms with Gasteiger partial charge in [-0.25, -0.2) is 18.0 Å². The molecule has 180 valence electrons. The highest BCUT2D eigenvalue weighted by atomic mass is 19.1. The summed E-state index contributed by atoms with van der Waals surface area (Å²) in [4.78, 5) is 28.4. The van der Waals surface area contributed by atoms with E-state index in [1.54, 1.807) is 17.0 Å². The van der Waals surface area contributed by atoms with Crippen molar-refractivity contribution in [3.63, 3.8) is 0 Å². The van der Waals surface area contributed by atoms with Gasteiger partial charge in [-0.3, -0.25) is 4.79 Å². The molecule has 5 rings (SSSR count). The zero-order valence-corrected chi connectivity index (χ0v) is 18.5. The second-order valence-corrected chi connectivity index (χ2v) is 8.71. The molecule has 2 aliphatic heterocycles. The highest BCUT2D eigenvalue weighted by molar-refractivity contribution is 5.94. The van der Waals surface area contributed by atoms with Gasteiger partial charge in [0.2, 0.25) is 5.91 Å². The van der Waals surface area contributed by atoms with Gasteiger partial charge in [0.25, 0.3) is 0 Å². The molecule has 0 saturated carbocycles. The van der Waals surface area contributed by atoms with Crippen LogP contribution in [0.15, 0.2) is 66.7 Å². The summed E-state index contributed by atoms with van der Waals surface area (Å²) >= 11 is 0. The third-order valence-corrected chi connectivity index (χ3v) is 6.66. The van der Waals surface area contributed by atoms with E-state index in [9.17, 15) is 27.9 Å². The number of halogens is 3. The summed E-state index contributed by atoms with van der Waals surface area (Å²) < 4.78 is 41.0. The monoisotopic (exact) mass is 481 g/mol. The van der Waals surface area contributed by atoms with Crippen molar-refractivity contribution in [3.8, 4) is 11.1 Å². The van der Waals surface area contributed by atoms with Crippen LogP contribution in [0.1, 0.15) is 11.5 Å². The van der Waals surface area contributed by atoms with Gasteiger partial charge in [0.15, 0.2) is 0 Å². The molecule has 0 spiro atoms. The van der Waals surface area contributed by atoms with Gasteiger partial charge < -0.3 is 20.2 Å². The molecule has 3 atom stereocenters. The predicted molar refractivity (Wildman–Crippen MR) is 123 cm³/mol. The van der Waals surface area contributed by atoms with Crippen molar-refractivity contribution in [1.29, 1.82) is 0 Å². The third-order valence-electron chi connectivity index (χ3n) is 6.66. The van der Waals surface area contributed by atoms with Crippen molar-refractivity contribution in [1.82, 2.24) is 9.80 Å². The maximum atomic E-state index is 14.0. The Bertz CT molecular complexity index is 1280. The topological polar surface area (TPSA) is 72.9 Å². The largest absolute Gasteiger partial charge is 0.394 e. The minimum Gasteiger partial charge on any atom is -0.394 e. The molecule has 6 nitrogen and oxygen atoms in total. The normalized spacial score (nSPS) is 21.4. The number of amides is 3. The van der Waals surface area contributed by atoms with Crippen LogP contribution in [0.4, 0.5) is 23.7 Å². The van der Waals surface area contributed by atoms with Crippen molar-refractivity contribution in [2.24, 2.45) is 0 Å². The highest BCUT2D eigenvalue weighted by Crippen LogP contribution is 2.43. The molecular formula is C26H22F3N3O3. The summed E-state index contributed by atoms with van der Waals surface area (Å²) in [6.07, 6.45) is 0. The summed E-state index contributed by atoms with van der Waals surface area (Å²) in [5.74, 6) is -2.38. The molecule has 35 heavy (non-hydrogen) atoms. The molecule has 2 saturated heterocycles. The van der Waals surface area contributed by atoms with Gasteiger partial charge in [-0.05, 0) is 41.0 Å². The van der Waals surface area contributed by atoms with Crippen LogP contribution in [-0.2, 0) is 4.79 Å². The van der Waals surface area contributed by atoms with E-state index >= 15 is 0 Å². The number of carbonyl (C=O) groups is 2. The van der Waals surface area contributed by atoms with E-state index in [1.807, 2.05) is 24.3 Å². The molecule has 0 aromatic heterocycles. The SMILES string of the molecule is O=C(Nc1cc(F)ccc1F)N1CC(=O)N2[C@H](CO)[C@@H](c3ccc(-c4cccc(F)c4)cc3)[C@@H]2C1. The Morgan fingerprint density at radius 1 is 0.971 bits per heavy atom. The van der Waals surface area contributed by atoms with Crippen LogP contribution in [0.3, 0.4) is 0 Å². The van der Waals surface area contributed by atoms with Crippen molar-refractivity contribution < 1.29 is 27.9 Å². The van der Waals surface area contributed by atoms with E-state index in [0.29, 0.717) is 0 Å². The number of hydrogen-bond donors (Lipinski definition) is 2. The molecule has 2 heterocycles. The second-order valence-electron chi connectivity index (χ2n) is 8.71. The first kappa shape index (κ1) is 22.9. The smallest absolute Gasteiger partial charge is 0.322 e. The van der Waals surface area contributed by atoms with Gasteiger partial charge >= 0.3 is 6.03 Å². The van der Waals surface area contributed by atoms with E-state index in [4.69, 9.17) is 0 Å². The fraction of sp³-hybridized carbons (Fsp3) is 0.231. The van der Waals surface area contributed by atoms with Crippen molar-refractivity contribution in [3.05, 3.63) is 89.7 Å². The van der Waals surface area contributed by atoms with Gasteiger partial charge in [0.05, 0.1) is 24.4 Å². The summed E-state index contributed by atoms with van der Waals surface area (Å²) in [5, 5.41) is 12.3. The zero-order chi connectivity index (χ0) is 24.7. The number of nitrogens with zero attached hydrogens (tertiary/aromatic N) is 2. The first-order chi connectivity index (χ1) is 16.9. The molecule has 0 bridgehead atoms. The van der Waals surface area contributed by atoms with Crippen LogP contribution in [0, 0.1) is 17.5 Å². The Balaban J connectivity index is 1.35. The number of anilines is 1. The highest BCUT2D eigenvalue weighted by Gasteiger charge is 2.54. The maximum Gasteiger partial charge on any atom is 0.322 e. The van der Waals surface area contributed by atoms with Gasteiger partial charge in [-0.1, -0.05) is 36.4 Å². The number of benzene rings is 3. The fourth-order valence-corrected chi connectivity index (χ4v) is 5.01. The van der Waals surface area contributed by atoms with Crippen LogP contribution < -0.4 is 5.32 Å². The number of hydrogen-bond acceptors (Lipinski definition) is 3. The Morgan fingerprint density at radius 2 is 1.71 bits per heavy atom. The Labute approximate surface area is 199 Å². The Morgan fingerprint density at radius 3 is 2.43 bits per heavy atom. The van der Waals surface area contributed by atoms with E-state index in [-0.39, 0.29) is 49.1 Å². The lowest BCUT2D eigenvalue weighted by Gasteiger charge is -2.58. The molecule has 3 aromatic rings. The van der Waals surface area contributed by atoms with Crippen molar-refractivity contribution >= 4 is 17.6 Å². The number of fused-ring (bicyclic) bond motifs is 1. The van der Waals surface area contributed by atoms with E-state index < -0.39 is 23.7 Å². The van der Waals surface area contributed by atoms with Crippen LogP contribution in [-0.4, -0.2) is 58.6 Å². The Hall–Kier alpha value is -3.85. The first-order valence-corrected chi connectivity index (χ1v) is 11.1. The lowest BCUT2D eigenvalue weighted by molar-refractivity contribution is -0.159. The van der Waals surface area contributed by atoms with Crippen LogP contribution in [0.2, 0.25) is 0 Å². The zero-order valence-electron chi connectivity index (χ0n) is 18.5. The minimum absolute atomic E-state index is 0.168. The number of aliphatic hydroxyl groups is 1. The number of urea groups is 1. The van der Waals surface area contributed by atoms with E-state index in [0.717, 1.165) is 34.9 Å². The number of aliphatic hydroxyl groups excluding tert-OH is 1. The molecule has 3 aromatic carbocycles. The molecule has 9 heteroatoms. The van der Waals surface area contributed by atoms with Gasteiger partial charge in [0.1, 0.15) is 24.0 Å². The molecular weight excluding hydrogens is 459 g/mol. The quantitative estimate of drug-likeness (QED) is 0.592. The standard InChI is InChI=1S/C26H22F3N3O3/c27-18-3-1-2-17(10-18)15-4-6-16(7-5-15)25-22-12-31(13-24(34)32(22)23(25)14-33)26(35)30-21-11-19(28)8-9-20(21)29/h1-11,22-23,25,33H,12-14H2,(H,30,35)/t22-,23+,25-/m0/s1. The number of piperazine rings is 1. The fourth-order valence-electron chi connectivity index (χ4n) is 5.01. The lowest BCUT2D eigenvalue weighted by atomic mass is 9.73. The van der Waals surface area contributed by atoms with Gasteiger partial charge in [-0.2, -0.15) is 0 Å². The molecule has 2 fully saturated rings. The molecule has 0 unspecified atom stereocenters. The second kappa shape index (κ2) is 9.07. The lowest BCUT2D eigenvalue weighted by Crippen LogP contribution is -2.73. The van der Waals surface area contributed by atoms with Crippen molar-refractivity contribution in [2.45, 2.75) is 18.0 Å². The van der Waals surface area contributed by atoms with Crippen molar-refractivity contribution in [2.75, 3.05) is 25.0 Å². The molecule has 0 radical (unpaired) electrons. The van der Waals surface area contributed by atoms with E-state index in [2.05, 4.69) is 5.32 Å². The summed E-state index contributed by atoms with van der Waals surface area (Å²) in [5.41, 5.74) is 2.11. The average Bonchev–Trinajstić information content (AvgIpc) is 2.83. The first-order valence-electron chi connectivity index (χ1n) is 11.1. The maximum absolute atomic E-state index is 14.0. The number of rotatable bonds is 4. The third kappa shape index (κ3) is 4.23. The average molecular weight is 481 g/mol. The molecule has 3 amide bonds. The molecule has 0 aliphatic carbocycles. The summed E-state index contributed by atoms with van der Waals surface area (Å²) in [6, 6.07) is 14.9. The van der Waals surface area contributed by atoms with Gasteiger partial charge in [0, 0.05) is 18.5 Å². The summed E-state index contributed by atoms with van der Waals surface area (Å²) in [6.45, 7) is -0.304. The molecule has 2 N–H and O–H groups in total. The van der Waals surface area contributed by atoms with E-state index in [1.165, 1.54) is 17.0 Å². The number of carbonyl (C=O) groups excluding carboxylic acids is 2. The Kier molecular flexibility index (Phi) is 5.94. The minimum atomic E-state index is -0.787. The summed E-state index contributed by atoms with van der Waals surface area (Å²) in [7, 11) is 0. The van der Waals surface area contributed by atoms with Gasteiger partial charge in [-0.15, -0.1) is 0 Å². The number of nitrogens with one attached hydrogen (secondary N) is 1. The van der Waals surface area contributed by atoms with Crippen LogP contribution in [0.25, 0.3) is 11.1 Å². The molecule has 2 aliphatic rings. The van der Waals surface area contributed by atoms with Crippen LogP contribution >= 0.6 is 0 Å². The predicted octanol–water partition coefficient (Wildman–Crippen LogP) is 3.97. The van der Waals surface area contributed by atoms with Crippen LogP contribution in [0.5, 0.6) is 0 Å².